The molecule has 0 aromatic heterocycles. The maximum absolute atomic E-state index is 12.9. The molecule has 3 aromatic rings. The Morgan fingerprint density at radius 3 is 2.35 bits per heavy atom. The van der Waals surface area contributed by atoms with Crippen molar-refractivity contribution in [2.24, 2.45) is 0 Å². The maximum atomic E-state index is 12.9. The van der Waals surface area contributed by atoms with E-state index in [1.807, 2.05) is 30.3 Å². The van der Waals surface area contributed by atoms with Crippen molar-refractivity contribution >= 4 is 27.5 Å². The van der Waals surface area contributed by atoms with Crippen LogP contribution in [0.15, 0.2) is 77.7 Å². The molecule has 0 radical (unpaired) electrons. The van der Waals surface area contributed by atoms with E-state index in [2.05, 4.69) is 10.0 Å². The Labute approximate surface area is 198 Å². The Hall–Kier alpha value is -3.69. The third-order valence-electron chi connectivity index (χ3n) is 5.62. The minimum atomic E-state index is -3.68. The van der Waals surface area contributed by atoms with Crippen LogP contribution >= 0.6 is 0 Å². The molecule has 0 spiro atoms. The molecule has 0 saturated carbocycles. The van der Waals surface area contributed by atoms with Gasteiger partial charge in [0.1, 0.15) is 11.5 Å². The van der Waals surface area contributed by atoms with E-state index in [-0.39, 0.29) is 22.8 Å². The van der Waals surface area contributed by atoms with Gasteiger partial charge in [-0.3, -0.25) is 9.59 Å². The molecule has 1 unspecified atom stereocenters. The zero-order chi connectivity index (χ0) is 24.3. The van der Waals surface area contributed by atoms with Gasteiger partial charge in [0.05, 0.1) is 10.9 Å². The first kappa shape index (κ1) is 23.5. The Morgan fingerprint density at radius 2 is 1.68 bits per heavy atom. The molecule has 0 aliphatic carbocycles. The molecule has 2 N–H and O–H groups in total. The Balaban J connectivity index is 1.43. The highest BCUT2D eigenvalue weighted by Crippen LogP contribution is 2.27. The molecular weight excluding hydrogens is 454 g/mol. The zero-order valence-electron chi connectivity index (χ0n) is 18.8. The molecule has 1 aliphatic rings. The number of hydrogen-bond donors (Lipinski definition) is 2. The van der Waals surface area contributed by atoms with Crippen LogP contribution in [0.2, 0.25) is 0 Å². The highest BCUT2D eigenvalue weighted by molar-refractivity contribution is 7.89. The minimum absolute atomic E-state index is 0.00712. The number of aryl methyl sites for hydroxylation is 1. The molecule has 0 bridgehead atoms. The molecule has 1 heterocycles. The molecule has 176 valence electrons. The lowest BCUT2D eigenvalue weighted by Gasteiger charge is -2.18. The Morgan fingerprint density at radius 1 is 1.00 bits per heavy atom. The average Bonchev–Trinajstić information content (AvgIpc) is 3.20. The normalized spacial score (nSPS) is 15.9. The van der Waals surface area contributed by atoms with Crippen LogP contribution in [0.5, 0.6) is 11.5 Å². The molecule has 3 aromatic carbocycles. The van der Waals surface area contributed by atoms with Crippen LogP contribution in [-0.4, -0.2) is 39.9 Å². The molecule has 1 aliphatic heterocycles. The lowest BCUT2D eigenvalue weighted by Crippen LogP contribution is -2.37. The highest BCUT2D eigenvalue weighted by atomic mass is 32.2. The van der Waals surface area contributed by atoms with E-state index in [4.69, 9.17) is 4.74 Å². The first-order chi connectivity index (χ1) is 16.3. The summed E-state index contributed by atoms with van der Waals surface area (Å²) in [6.07, 6.45) is 0.154. The van der Waals surface area contributed by atoms with Gasteiger partial charge in [-0.2, -0.15) is 0 Å². The molecule has 9 heteroatoms. The smallest absolute Gasteiger partial charge is 0.251 e. The van der Waals surface area contributed by atoms with Crippen molar-refractivity contribution in [2.45, 2.75) is 24.3 Å². The summed E-state index contributed by atoms with van der Waals surface area (Å²) in [7, 11) is -2.36. The van der Waals surface area contributed by atoms with E-state index in [0.29, 0.717) is 23.5 Å². The fourth-order valence-electron chi connectivity index (χ4n) is 3.77. The van der Waals surface area contributed by atoms with Crippen molar-refractivity contribution in [1.29, 1.82) is 0 Å². The van der Waals surface area contributed by atoms with Crippen molar-refractivity contribution in [1.82, 2.24) is 10.0 Å². The van der Waals surface area contributed by atoms with Crippen molar-refractivity contribution in [3.63, 3.8) is 0 Å². The van der Waals surface area contributed by atoms with Gasteiger partial charge in [-0.25, -0.2) is 13.1 Å². The Bertz CT molecular complexity index is 1310. The van der Waals surface area contributed by atoms with Crippen LogP contribution in [0.3, 0.4) is 0 Å². The predicted molar refractivity (Wildman–Crippen MR) is 129 cm³/mol. The molecule has 8 nitrogen and oxygen atoms in total. The lowest BCUT2D eigenvalue weighted by molar-refractivity contribution is -0.117. The SMILES string of the molecule is CNS(=O)(=O)c1ccc(C)c(C(=O)NC2CC(=O)N(c3ccc(Oc4ccccc4)cc3)C2)c1. The second kappa shape index (κ2) is 9.66. The van der Waals surface area contributed by atoms with Crippen LogP contribution in [0.1, 0.15) is 22.3 Å². The first-order valence-electron chi connectivity index (χ1n) is 10.8. The summed E-state index contributed by atoms with van der Waals surface area (Å²) in [6, 6.07) is 20.6. The van der Waals surface area contributed by atoms with E-state index in [1.54, 1.807) is 42.2 Å². The van der Waals surface area contributed by atoms with Crippen LogP contribution in [0.4, 0.5) is 5.69 Å². The van der Waals surface area contributed by atoms with Crippen LogP contribution in [0, 0.1) is 6.92 Å². The van der Waals surface area contributed by atoms with Gasteiger partial charge < -0.3 is 15.0 Å². The average molecular weight is 480 g/mol. The van der Waals surface area contributed by atoms with Gasteiger partial charge in [-0.1, -0.05) is 24.3 Å². The van der Waals surface area contributed by atoms with E-state index in [1.165, 1.54) is 19.2 Å². The second-order valence-electron chi connectivity index (χ2n) is 7.97. The van der Waals surface area contributed by atoms with Crippen LogP contribution in [-0.2, 0) is 14.8 Å². The predicted octanol–water partition coefficient (Wildman–Crippen LogP) is 3.23. The number of carbonyl (C=O) groups excluding carboxylic acids is 2. The number of nitrogens with zero attached hydrogens (tertiary/aromatic N) is 1. The molecule has 34 heavy (non-hydrogen) atoms. The molecule has 2 amide bonds. The summed E-state index contributed by atoms with van der Waals surface area (Å²) < 4.78 is 32.2. The number of nitrogens with one attached hydrogen (secondary N) is 2. The Kier molecular flexibility index (Phi) is 6.67. The van der Waals surface area contributed by atoms with E-state index in [0.717, 1.165) is 5.75 Å². The summed E-state index contributed by atoms with van der Waals surface area (Å²) in [5.74, 6) is 0.845. The van der Waals surface area contributed by atoms with Gasteiger partial charge in [-0.05, 0) is 68.1 Å². The first-order valence-corrected chi connectivity index (χ1v) is 12.2. The largest absolute Gasteiger partial charge is 0.457 e. The summed E-state index contributed by atoms with van der Waals surface area (Å²) >= 11 is 0. The van der Waals surface area contributed by atoms with Gasteiger partial charge >= 0.3 is 0 Å². The summed E-state index contributed by atoms with van der Waals surface area (Å²) in [5, 5.41) is 2.87. The van der Waals surface area contributed by atoms with Crippen molar-refractivity contribution in [3.8, 4) is 11.5 Å². The third-order valence-corrected chi connectivity index (χ3v) is 7.03. The van der Waals surface area contributed by atoms with Crippen molar-refractivity contribution in [3.05, 3.63) is 83.9 Å². The van der Waals surface area contributed by atoms with Gasteiger partial charge in [0.15, 0.2) is 0 Å². The van der Waals surface area contributed by atoms with Gasteiger partial charge in [0.2, 0.25) is 15.9 Å². The van der Waals surface area contributed by atoms with Gasteiger partial charge in [-0.15, -0.1) is 0 Å². The van der Waals surface area contributed by atoms with E-state index < -0.39 is 22.0 Å². The van der Waals surface area contributed by atoms with E-state index in [9.17, 15) is 18.0 Å². The standard InChI is InChI=1S/C25H25N3O5S/c1-17-8-13-22(34(31,32)26-2)15-23(17)25(30)27-18-14-24(29)28(16-18)19-9-11-21(12-10-19)33-20-6-4-3-5-7-20/h3-13,15,18,26H,14,16H2,1-2H3,(H,27,30). The third kappa shape index (κ3) is 5.11. The number of carbonyl (C=O) groups is 2. The number of sulfonamides is 1. The van der Waals surface area contributed by atoms with Gasteiger partial charge in [0.25, 0.3) is 5.91 Å². The number of benzene rings is 3. The molecular formula is C25H25N3O5S. The summed E-state index contributed by atoms with van der Waals surface area (Å²) in [6.45, 7) is 2.05. The number of anilines is 1. The van der Waals surface area contributed by atoms with Crippen molar-refractivity contribution in [2.75, 3.05) is 18.5 Å². The highest BCUT2D eigenvalue weighted by Gasteiger charge is 2.32. The second-order valence-corrected chi connectivity index (χ2v) is 9.86. The summed E-state index contributed by atoms with van der Waals surface area (Å²) in [5.41, 5.74) is 1.60. The number of hydrogen-bond acceptors (Lipinski definition) is 5. The topological polar surface area (TPSA) is 105 Å². The maximum Gasteiger partial charge on any atom is 0.251 e. The minimum Gasteiger partial charge on any atom is -0.457 e. The lowest BCUT2D eigenvalue weighted by atomic mass is 10.1. The zero-order valence-corrected chi connectivity index (χ0v) is 19.6. The number of amides is 2. The molecule has 1 saturated heterocycles. The van der Waals surface area contributed by atoms with E-state index >= 15 is 0 Å². The quantitative estimate of drug-likeness (QED) is 0.541. The fraction of sp³-hybridized carbons (Fsp3) is 0.200. The van der Waals surface area contributed by atoms with Crippen LogP contribution < -0.4 is 19.7 Å². The molecule has 4 rings (SSSR count). The van der Waals surface area contributed by atoms with Crippen LogP contribution in [0.25, 0.3) is 0 Å². The van der Waals surface area contributed by atoms with Crippen molar-refractivity contribution < 1.29 is 22.7 Å². The fourth-order valence-corrected chi connectivity index (χ4v) is 4.52. The monoisotopic (exact) mass is 479 g/mol. The number of ether oxygens (including phenoxy) is 1. The van der Waals surface area contributed by atoms with Gasteiger partial charge in [0, 0.05) is 24.2 Å². The number of rotatable bonds is 7. The number of para-hydroxylation sites is 1. The summed E-state index contributed by atoms with van der Waals surface area (Å²) in [4.78, 5) is 27.1. The molecule has 1 fully saturated rings. The molecule has 1 atom stereocenters.